The number of anilines is 1. The second-order valence-corrected chi connectivity index (χ2v) is 5.88. The zero-order chi connectivity index (χ0) is 14.5. The molecule has 0 aliphatic heterocycles. The molecule has 0 saturated heterocycles. The van der Waals surface area contributed by atoms with Crippen LogP contribution < -0.4 is 10.9 Å². The molecule has 0 aliphatic rings. The highest BCUT2D eigenvalue weighted by molar-refractivity contribution is 7.84. The van der Waals surface area contributed by atoms with E-state index < -0.39 is 10.8 Å². The Labute approximate surface area is 124 Å². The van der Waals surface area contributed by atoms with Gasteiger partial charge < -0.3 is 0 Å². The number of nitrogens with one attached hydrogen (secondary N) is 2. The lowest BCUT2D eigenvalue weighted by molar-refractivity contribution is 0.0962. The number of amides is 1. The van der Waals surface area contributed by atoms with Crippen LogP contribution >= 0.6 is 11.6 Å². The predicted molar refractivity (Wildman–Crippen MR) is 81.3 cm³/mol. The van der Waals surface area contributed by atoms with Gasteiger partial charge in [-0.3, -0.25) is 19.9 Å². The number of rotatable bonds is 4. The van der Waals surface area contributed by atoms with Crippen LogP contribution in [0.1, 0.15) is 10.4 Å². The molecule has 0 fully saturated rings. The summed E-state index contributed by atoms with van der Waals surface area (Å²) < 4.78 is 11.3. The second kappa shape index (κ2) is 6.54. The summed E-state index contributed by atoms with van der Waals surface area (Å²) in [6.45, 7) is 0. The summed E-state index contributed by atoms with van der Waals surface area (Å²) in [5.74, 6) is -0.279. The molecule has 0 unspecified atom stereocenters. The summed E-state index contributed by atoms with van der Waals surface area (Å²) in [6, 6.07) is 13.6. The minimum atomic E-state index is -1.05. The molecule has 104 valence electrons. The Balaban J connectivity index is 1.99. The van der Waals surface area contributed by atoms with Crippen LogP contribution in [0.4, 0.5) is 5.69 Å². The van der Waals surface area contributed by atoms with E-state index in [9.17, 15) is 9.00 Å². The largest absolute Gasteiger partial charge is 0.298 e. The van der Waals surface area contributed by atoms with Crippen molar-refractivity contribution in [3.05, 3.63) is 59.1 Å². The fourth-order valence-corrected chi connectivity index (χ4v) is 2.27. The van der Waals surface area contributed by atoms with Gasteiger partial charge in [0.1, 0.15) is 0 Å². The highest BCUT2D eigenvalue weighted by Gasteiger charge is 2.06. The first kappa shape index (κ1) is 14.6. The minimum absolute atomic E-state index is 0.279. The van der Waals surface area contributed by atoms with Crippen molar-refractivity contribution >= 4 is 34.0 Å². The fourth-order valence-electron chi connectivity index (χ4n) is 1.57. The maximum absolute atomic E-state index is 11.9. The Morgan fingerprint density at radius 2 is 1.85 bits per heavy atom. The molecule has 0 heterocycles. The summed E-state index contributed by atoms with van der Waals surface area (Å²) in [4.78, 5) is 12.6. The number of halogens is 1. The molecular weight excluding hydrogens is 296 g/mol. The molecule has 6 heteroatoms. The van der Waals surface area contributed by atoms with E-state index in [1.54, 1.807) is 54.8 Å². The summed E-state index contributed by atoms with van der Waals surface area (Å²) in [5, 5.41) is 0.582. The number of carbonyl (C=O) groups excluding carboxylic acids is 1. The van der Waals surface area contributed by atoms with Crippen molar-refractivity contribution in [2.75, 3.05) is 11.7 Å². The Hall–Kier alpha value is -1.85. The van der Waals surface area contributed by atoms with Gasteiger partial charge in [0, 0.05) is 32.5 Å². The van der Waals surface area contributed by atoms with Crippen molar-refractivity contribution in [1.82, 2.24) is 5.43 Å². The van der Waals surface area contributed by atoms with Crippen molar-refractivity contribution in [2.45, 2.75) is 4.90 Å². The monoisotopic (exact) mass is 308 g/mol. The van der Waals surface area contributed by atoms with Crippen LogP contribution in [0.5, 0.6) is 0 Å². The van der Waals surface area contributed by atoms with Crippen LogP contribution in [-0.4, -0.2) is 16.4 Å². The molecule has 0 radical (unpaired) electrons. The van der Waals surface area contributed by atoms with Crippen LogP contribution in [0.15, 0.2) is 53.4 Å². The maximum Gasteiger partial charge on any atom is 0.269 e. The Morgan fingerprint density at radius 3 is 2.45 bits per heavy atom. The number of hydrogen-bond donors (Lipinski definition) is 2. The molecule has 0 aliphatic carbocycles. The lowest BCUT2D eigenvalue weighted by Crippen LogP contribution is -2.29. The van der Waals surface area contributed by atoms with Gasteiger partial charge in [-0.1, -0.05) is 17.7 Å². The molecule has 0 spiro atoms. The van der Waals surface area contributed by atoms with E-state index in [0.717, 1.165) is 0 Å². The standard InChI is InChI=1S/C14H13ClN2O2S/c1-20(19)13-7-5-10(6-8-13)14(18)17-16-12-4-2-3-11(15)9-12/h2-9,16H,1H3,(H,17,18)/t20-/m0/s1. The van der Waals surface area contributed by atoms with Crippen LogP contribution in [-0.2, 0) is 10.8 Å². The van der Waals surface area contributed by atoms with Crippen molar-refractivity contribution in [1.29, 1.82) is 0 Å². The van der Waals surface area contributed by atoms with Crippen LogP contribution in [0.2, 0.25) is 5.02 Å². The molecule has 2 aromatic carbocycles. The van der Waals surface area contributed by atoms with Gasteiger partial charge in [-0.25, -0.2) is 0 Å². The topological polar surface area (TPSA) is 58.2 Å². The first-order valence-electron chi connectivity index (χ1n) is 5.81. The summed E-state index contributed by atoms with van der Waals surface area (Å²) in [5.41, 5.74) is 6.52. The van der Waals surface area contributed by atoms with Gasteiger partial charge in [-0.2, -0.15) is 0 Å². The maximum atomic E-state index is 11.9. The molecule has 20 heavy (non-hydrogen) atoms. The summed E-state index contributed by atoms with van der Waals surface area (Å²) in [7, 11) is -1.05. The fraction of sp³-hybridized carbons (Fsp3) is 0.0714. The van der Waals surface area contributed by atoms with E-state index in [2.05, 4.69) is 10.9 Å². The van der Waals surface area contributed by atoms with Crippen LogP contribution in [0.3, 0.4) is 0 Å². The molecule has 2 N–H and O–H groups in total. The van der Waals surface area contributed by atoms with Gasteiger partial charge in [0.05, 0.1) is 5.69 Å². The molecule has 1 atom stereocenters. The Bertz CT molecular complexity index is 644. The lowest BCUT2D eigenvalue weighted by Gasteiger charge is -2.09. The van der Waals surface area contributed by atoms with Crippen LogP contribution in [0.25, 0.3) is 0 Å². The van der Waals surface area contributed by atoms with Crippen molar-refractivity contribution in [3.63, 3.8) is 0 Å². The first-order chi connectivity index (χ1) is 9.56. The van der Waals surface area contributed by atoms with Gasteiger partial charge in [0.2, 0.25) is 0 Å². The summed E-state index contributed by atoms with van der Waals surface area (Å²) in [6.07, 6.45) is 1.59. The minimum Gasteiger partial charge on any atom is -0.298 e. The normalized spacial score (nSPS) is 11.7. The quantitative estimate of drug-likeness (QED) is 0.854. The van der Waals surface area contributed by atoms with E-state index in [1.165, 1.54) is 0 Å². The highest BCUT2D eigenvalue weighted by Crippen LogP contribution is 2.14. The van der Waals surface area contributed by atoms with Gasteiger partial charge in [-0.15, -0.1) is 0 Å². The average Bonchev–Trinajstić information content (AvgIpc) is 2.45. The zero-order valence-electron chi connectivity index (χ0n) is 10.7. The average molecular weight is 309 g/mol. The molecule has 2 aromatic rings. The first-order valence-corrected chi connectivity index (χ1v) is 7.75. The van der Waals surface area contributed by atoms with Gasteiger partial charge in [0.15, 0.2) is 0 Å². The Morgan fingerprint density at radius 1 is 1.15 bits per heavy atom. The third kappa shape index (κ3) is 3.82. The predicted octanol–water partition coefficient (Wildman–Crippen LogP) is 2.83. The smallest absolute Gasteiger partial charge is 0.269 e. The zero-order valence-corrected chi connectivity index (χ0v) is 12.3. The second-order valence-electron chi connectivity index (χ2n) is 4.07. The van der Waals surface area contributed by atoms with Gasteiger partial charge >= 0.3 is 0 Å². The van der Waals surface area contributed by atoms with Crippen molar-refractivity contribution < 1.29 is 9.00 Å². The Kier molecular flexibility index (Phi) is 4.76. The molecular formula is C14H13ClN2O2S. The number of hydrazine groups is 1. The highest BCUT2D eigenvalue weighted by atomic mass is 35.5. The van der Waals surface area contributed by atoms with E-state index in [4.69, 9.17) is 11.6 Å². The molecule has 0 bridgehead atoms. The summed E-state index contributed by atoms with van der Waals surface area (Å²) >= 11 is 5.84. The van der Waals surface area contributed by atoms with Crippen LogP contribution in [0, 0.1) is 0 Å². The van der Waals surface area contributed by atoms with Gasteiger partial charge in [-0.05, 0) is 42.5 Å². The number of benzene rings is 2. The number of carbonyl (C=O) groups is 1. The lowest BCUT2D eigenvalue weighted by atomic mass is 10.2. The molecule has 1 amide bonds. The van der Waals surface area contributed by atoms with Crippen molar-refractivity contribution in [3.8, 4) is 0 Å². The molecule has 4 nitrogen and oxygen atoms in total. The van der Waals surface area contributed by atoms with E-state index in [1.807, 2.05) is 0 Å². The van der Waals surface area contributed by atoms with Crippen molar-refractivity contribution in [2.24, 2.45) is 0 Å². The molecule has 0 saturated carbocycles. The SMILES string of the molecule is C[S@](=O)c1ccc(C(=O)NNc2cccc(Cl)c2)cc1. The van der Waals surface area contributed by atoms with E-state index >= 15 is 0 Å². The van der Waals surface area contributed by atoms with E-state index in [0.29, 0.717) is 21.2 Å². The molecule has 2 rings (SSSR count). The third-order valence-electron chi connectivity index (χ3n) is 2.59. The van der Waals surface area contributed by atoms with Gasteiger partial charge in [0.25, 0.3) is 5.91 Å². The molecule has 0 aromatic heterocycles. The third-order valence-corrected chi connectivity index (χ3v) is 3.76. The number of hydrogen-bond acceptors (Lipinski definition) is 3. The van der Waals surface area contributed by atoms with E-state index in [-0.39, 0.29) is 5.91 Å².